The third kappa shape index (κ3) is 3.48. The fourth-order valence-corrected chi connectivity index (χ4v) is 3.69. The van der Waals surface area contributed by atoms with Crippen LogP contribution < -0.4 is 0 Å². The van der Waals surface area contributed by atoms with E-state index in [-0.39, 0.29) is 5.41 Å². The van der Waals surface area contributed by atoms with Gasteiger partial charge in [-0.25, -0.2) is 0 Å². The summed E-state index contributed by atoms with van der Waals surface area (Å²) in [6.07, 6.45) is -0.590. The normalized spacial score (nSPS) is 13.6. The second-order valence-electron chi connectivity index (χ2n) is 5.52. The molecule has 1 aromatic carbocycles. The van der Waals surface area contributed by atoms with Crippen LogP contribution in [-0.2, 0) is 5.41 Å². The van der Waals surface area contributed by atoms with Crippen molar-refractivity contribution in [3.63, 3.8) is 0 Å². The highest BCUT2D eigenvalue weighted by Gasteiger charge is 2.20. The monoisotopic (exact) mass is 402 g/mol. The van der Waals surface area contributed by atoms with E-state index in [0.29, 0.717) is 0 Å². The van der Waals surface area contributed by atoms with Gasteiger partial charge in [-0.2, -0.15) is 0 Å². The molecule has 1 atom stereocenters. The molecule has 1 heterocycles. The predicted molar refractivity (Wildman–Crippen MR) is 88.9 cm³/mol. The molecule has 0 aliphatic heterocycles. The molecule has 0 spiro atoms. The summed E-state index contributed by atoms with van der Waals surface area (Å²) in [6, 6.07) is 9.97. The fourth-order valence-electron chi connectivity index (χ4n) is 1.78. The van der Waals surface area contributed by atoms with E-state index in [1.807, 2.05) is 24.3 Å². The van der Waals surface area contributed by atoms with Gasteiger partial charge in [0.2, 0.25) is 0 Å². The average molecular weight is 404 g/mol. The number of hydrogen-bond acceptors (Lipinski definition) is 2. The van der Waals surface area contributed by atoms with Gasteiger partial charge in [-0.15, -0.1) is 11.3 Å². The lowest BCUT2D eigenvalue weighted by Crippen LogP contribution is -2.07. The van der Waals surface area contributed by atoms with Crippen LogP contribution in [-0.4, -0.2) is 5.11 Å². The van der Waals surface area contributed by atoms with Gasteiger partial charge in [0.05, 0.1) is 0 Å². The average Bonchev–Trinajstić information content (AvgIpc) is 2.80. The van der Waals surface area contributed by atoms with E-state index in [1.54, 1.807) is 11.3 Å². The third-order valence-corrected chi connectivity index (χ3v) is 5.67. The van der Waals surface area contributed by atoms with Crippen LogP contribution >= 0.6 is 43.2 Å². The Kier molecular flexibility index (Phi) is 4.56. The van der Waals surface area contributed by atoms with E-state index < -0.39 is 6.10 Å². The number of aliphatic hydroxyl groups excluding tert-OH is 1. The summed E-state index contributed by atoms with van der Waals surface area (Å²) in [5.41, 5.74) is 1.01. The number of benzene rings is 1. The Morgan fingerprint density at radius 3 is 2.37 bits per heavy atom. The Labute approximate surface area is 134 Å². The van der Waals surface area contributed by atoms with Gasteiger partial charge in [0.1, 0.15) is 6.10 Å². The number of thiophene rings is 1. The summed E-state index contributed by atoms with van der Waals surface area (Å²) in [6.45, 7) is 6.55. The molecule has 0 saturated carbocycles. The van der Waals surface area contributed by atoms with Gasteiger partial charge in [0.25, 0.3) is 0 Å². The SMILES string of the molecule is CC(C)(C)c1ccc(C(O)c2cc(Br)ccc2Br)s1. The zero-order chi connectivity index (χ0) is 14.2. The van der Waals surface area contributed by atoms with E-state index in [0.717, 1.165) is 19.4 Å². The number of aliphatic hydroxyl groups is 1. The van der Waals surface area contributed by atoms with Crippen molar-refractivity contribution in [2.24, 2.45) is 0 Å². The second-order valence-corrected chi connectivity index (χ2v) is 8.41. The van der Waals surface area contributed by atoms with Crippen LogP contribution in [0.1, 0.15) is 42.2 Å². The van der Waals surface area contributed by atoms with Crippen LogP contribution in [0.3, 0.4) is 0 Å². The van der Waals surface area contributed by atoms with Crippen molar-refractivity contribution in [3.05, 3.63) is 54.6 Å². The van der Waals surface area contributed by atoms with E-state index in [1.165, 1.54) is 4.88 Å². The number of rotatable bonds is 2. The summed E-state index contributed by atoms with van der Waals surface area (Å²) < 4.78 is 1.89. The molecular weight excluding hydrogens is 388 g/mol. The van der Waals surface area contributed by atoms with Gasteiger partial charge in [0, 0.05) is 24.3 Å². The standard InChI is InChI=1S/C15H16Br2OS/c1-15(2,3)13-7-6-12(19-13)14(18)10-8-9(16)4-5-11(10)17/h4-8,14,18H,1-3H3. The van der Waals surface area contributed by atoms with Crippen molar-refractivity contribution < 1.29 is 5.11 Å². The minimum Gasteiger partial charge on any atom is -0.383 e. The predicted octanol–water partition coefficient (Wildman–Crippen LogP) is 5.65. The molecule has 0 aliphatic rings. The van der Waals surface area contributed by atoms with Gasteiger partial charge in [-0.1, -0.05) is 52.6 Å². The summed E-state index contributed by atoms with van der Waals surface area (Å²) in [4.78, 5) is 2.26. The highest BCUT2D eigenvalue weighted by Crippen LogP contribution is 2.37. The van der Waals surface area contributed by atoms with Gasteiger partial charge in [-0.3, -0.25) is 0 Å². The van der Waals surface area contributed by atoms with Crippen molar-refractivity contribution in [1.82, 2.24) is 0 Å². The maximum Gasteiger partial charge on any atom is 0.114 e. The van der Waals surface area contributed by atoms with Gasteiger partial charge >= 0.3 is 0 Å². The summed E-state index contributed by atoms with van der Waals surface area (Å²) >= 11 is 8.62. The van der Waals surface area contributed by atoms with E-state index in [9.17, 15) is 5.11 Å². The van der Waals surface area contributed by atoms with Crippen LogP contribution in [0.5, 0.6) is 0 Å². The lowest BCUT2D eigenvalue weighted by Gasteiger charge is -2.16. The fraction of sp³-hybridized carbons (Fsp3) is 0.333. The smallest absolute Gasteiger partial charge is 0.114 e. The number of halogens is 2. The van der Waals surface area contributed by atoms with Crippen molar-refractivity contribution in [2.45, 2.75) is 32.3 Å². The molecule has 2 rings (SSSR count). The Bertz CT molecular complexity index is 584. The molecule has 0 fully saturated rings. The maximum atomic E-state index is 10.5. The Hall–Kier alpha value is -0.160. The van der Waals surface area contributed by atoms with E-state index >= 15 is 0 Å². The first-order chi connectivity index (χ1) is 8.79. The van der Waals surface area contributed by atoms with Crippen LogP contribution in [0.25, 0.3) is 0 Å². The van der Waals surface area contributed by atoms with Gasteiger partial charge in [-0.05, 0) is 35.7 Å². The third-order valence-electron chi connectivity index (χ3n) is 2.89. The Morgan fingerprint density at radius 2 is 1.79 bits per heavy atom. The molecule has 102 valence electrons. The molecule has 0 amide bonds. The quantitative estimate of drug-likeness (QED) is 0.686. The molecule has 2 aromatic rings. The topological polar surface area (TPSA) is 20.2 Å². The first kappa shape index (κ1) is 15.2. The first-order valence-electron chi connectivity index (χ1n) is 6.02. The molecule has 0 radical (unpaired) electrons. The molecule has 1 N–H and O–H groups in total. The van der Waals surface area contributed by atoms with Gasteiger partial charge < -0.3 is 5.11 Å². The molecule has 4 heteroatoms. The summed E-state index contributed by atoms with van der Waals surface area (Å²) in [5, 5.41) is 10.5. The molecule has 0 saturated heterocycles. The highest BCUT2D eigenvalue weighted by atomic mass is 79.9. The van der Waals surface area contributed by atoms with E-state index in [2.05, 4.69) is 58.7 Å². The minimum absolute atomic E-state index is 0.122. The van der Waals surface area contributed by atoms with Crippen LogP contribution in [0.4, 0.5) is 0 Å². The van der Waals surface area contributed by atoms with Crippen molar-refractivity contribution in [3.8, 4) is 0 Å². The van der Waals surface area contributed by atoms with Crippen LogP contribution in [0.2, 0.25) is 0 Å². The lowest BCUT2D eigenvalue weighted by molar-refractivity contribution is 0.223. The minimum atomic E-state index is -0.590. The molecule has 0 bridgehead atoms. The molecule has 19 heavy (non-hydrogen) atoms. The molecule has 0 aliphatic carbocycles. The van der Waals surface area contributed by atoms with Crippen molar-refractivity contribution in [2.75, 3.05) is 0 Å². The molecular formula is C15H16Br2OS. The van der Waals surface area contributed by atoms with E-state index in [4.69, 9.17) is 0 Å². The van der Waals surface area contributed by atoms with Crippen LogP contribution in [0, 0.1) is 0 Å². The Balaban J connectivity index is 2.36. The van der Waals surface area contributed by atoms with Crippen molar-refractivity contribution in [1.29, 1.82) is 0 Å². The number of hydrogen-bond donors (Lipinski definition) is 1. The molecule has 1 nitrogen and oxygen atoms in total. The molecule has 1 aromatic heterocycles. The zero-order valence-corrected chi connectivity index (χ0v) is 15.1. The Morgan fingerprint density at radius 1 is 1.11 bits per heavy atom. The summed E-state index contributed by atoms with van der Waals surface area (Å²) in [5.74, 6) is 0. The molecule has 1 unspecified atom stereocenters. The summed E-state index contributed by atoms with van der Waals surface area (Å²) in [7, 11) is 0. The van der Waals surface area contributed by atoms with Gasteiger partial charge in [0.15, 0.2) is 0 Å². The zero-order valence-electron chi connectivity index (χ0n) is 11.1. The van der Waals surface area contributed by atoms with Crippen LogP contribution in [0.15, 0.2) is 39.3 Å². The first-order valence-corrected chi connectivity index (χ1v) is 8.42. The lowest BCUT2D eigenvalue weighted by atomic mass is 9.95. The maximum absolute atomic E-state index is 10.5. The van der Waals surface area contributed by atoms with Crippen molar-refractivity contribution >= 4 is 43.2 Å². The largest absolute Gasteiger partial charge is 0.383 e. The second kappa shape index (κ2) is 5.68. The highest BCUT2D eigenvalue weighted by molar-refractivity contribution is 9.11.